The molecule has 1 N–H and O–H groups in total. The van der Waals surface area contributed by atoms with E-state index in [-0.39, 0.29) is 31.5 Å². The molecule has 1 aromatic carbocycles. The lowest BCUT2D eigenvalue weighted by Crippen LogP contribution is -2.41. The van der Waals surface area contributed by atoms with E-state index in [0.717, 1.165) is 12.8 Å². The average Bonchev–Trinajstić information content (AvgIpc) is 3.45. The maximum Gasteiger partial charge on any atom is 0.414 e. The van der Waals surface area contributed by atoms with Crippen LogP contribution in [0.2, 0.25) is 4.34 Å². The lowest BCUT2D eigenvalue weighted by molar-refractivity contribution is -0.125. The number of nitrogens with one attached hydrogen (secondary N) is 1. The van der Waals surface area contributed by atoms with Gasteiger partial charge in [-0.15, -0.1) is 11.3 Å². The molecule has 3 aliphatic rings. The Labute approximate surface area is 205 Å². The molecular weight excluding hydrogens is 482 g/mol. The number of carbonyl (C=O) groups is 3. The van der Waals surface area contributed by atoms with Crippen LogP contribution in [-0.4, -0.2) is 63.5 Å². The van der Waals surface area contributed by atoms with Crippen LogP contribution >= 0.6 is 22.9 Å². The third kappa shape index (κ3) is 5.13. The van der Waals surface area contributed by atoms with Crippen LogP contribution in [0.25, 0.3) is 0 Å². The van der Waals surface area contributed by atoms with Crippen molar-refractivity contribution in [3.05, 3.63) is 39.5 Å². The highest BCUT2D eigenvalue weighted by Gasteiger charge is 2.35. The zero-order valence-corrected chi connectivity index (χ0v) is 19.9. The van der Waals surface area contributed by atoms with Crippen LogP contribution in [0, 0.1) is 5.92 Å². The summed E-state index contributed by atoms with van der Waals surface area (Å²) < 4.78 is 17.3. The van der Waals surface area contributed by atoms with Gasteiger partial charge in [0.2, 0.25) is 0 Å². The molecule has 1 aromatic heterocycles. The fourth-order valence-corrected chi connectivity index (χ4v) is 4.81. The van der Waals surface area contributed by atoms with E-state index in [1.54, 1.807) is 35.2 Å². The van der Waals surface area contributed by atoms with Crippen LogP contribution in [0.15, 0.2) is 30.3 Å². The lowest BCUT2D eigenvalue weighted by Gasteiger charge is -2.28. The van der Waals surface area contributed by atoms with Crippen molar-refractivity contribution in [3.8, 4) is 5.75 Å². The molecule has 0 spiro atoms. The number of hydrogen-bond acceptors (Lipinski definition) is 7. The topological polar surface area (TPSA) is 97.4 Å². The van der Waals surface area contributed by atoms with Gasteiger partial charge in [0.25, 0.3) is 11.8 Å². The molecule has 1 aliphatic carbocycles. The Morgan fingerprint density at radius 2 is 2.06 bits per heavy atom. The normalized spacial score (nSPS) is 20.4. The quantitative estimate of drug-likeness (QED) is 0.591. The molecule has 3 fully saturated rings. The molecule has 3 amide bonds. The summed E-state index contributed by atoms with van der Waals surface area (Å²) in [5.74, 6) is 0.661. The van der Waals surface area contributed by atoms with Gasteiger partial charge >= 0.3 is 6.09 Å². The standard InChI is InChI=1S/C23H24ClN3O6S/c24-20-6-5-19(34-20)22(29)25-10-16-11-27(23(30)33-16)17-4-3-15(26-7-8-31-13-21(26)28)9-18(17)32-12-14-1-2-14/h3-6,9,14,16H,1-2,7-8,10-13H2,(H,25,29)/t16-/m0/s1. The van der Waals surface area contributed by atoms with Gasteiger partial charge < -0.3 is 24.4 Å². The Morgan fingerprint density at radius 1 is 1.21 bits per heavy atom. The minimum atomic E-state index is -0.510. The van der Waals surface area contributed by atoms with Crippen molar-refractivity contribution < 1.29 is 28.6 Å². The number of carbonyl (C=O) groups excluding carboxylic acids is 3. The Morgan fingerprint density at radius 3 is 2.79 bits per heavy atom. The Bertz CT molecular complexity index is 1100. The van der Waals surface area contributed by atoms with Crippen LogP contribution in [0.3, 0.4) is 0 Å². The summed E-state index contributed by atoms with van der Waals surface area (Å²) in [5, 5.41) is 2.79. The highest BCUT2D eigenvalue weighted by molar-refractivity contribution is 7.18. The van der Waals surface area contributed by atoms with Crippen molar-refractivity contribution in [3.63, 3.8) is 0 Å². The number of thiophene rings is 1. The predicted octanol–water partition coefficient (Wildman–Crippen LogP) is 3.31. The molecule has 11 heteroatoms. The molecule has 3 heterocycles. The first kappa shape index (κ1) is 22.9. The molecule has 0 unspecified atom stereocenters. The number of morpholine rings is 1. The van der Waals surface area contributed by atoms with Crippen LogP contribution < -0.4 is 19.9 Å². The van der Waals surface area contributed by atoms with Crippen molar-refractivity contribution >= 4 is 52.2 Å². The Kier molecular flexibility index (Phi) is 6.62. The number of amides is 3. The van der Waals surface area contributed by atoms with E-state index in [1.165, 1.54) is 16.2 Å². The summed E-state index contributed by atoms with van der Waals surface area (Å²) >= 11 is 7.08. The molecule has 0 radical (unpaired) electrons. The fourth-order valence-electron chi connectivity index (χ4n) is 3.85. The number of anilines is 2. The minimum absolute atomic E-state index is 0.0452. The van der Waals surface area contributed by atoms with E-state index in [0.29, 0.717) is 52.0 Å². The van der Waals surface area contributed by atoms with Gasteiger partial charge in [-0.1, -0.05) is 11.6 Å². The molecule has 2 saturated heterocycles. The first-order valence-electron chi connectivity index (χ1n) is 11.1. The van der Waals surface area contributed by atoms with Crippen molar-refractivity contribution in [1.82, 2.24) is 5.32 Å². The zero-order chi connectivity index (χ0) is 23.7. The summed E-state index contributed by atoms with van der Waals surface area (Å²) in [6, 6.07) is 8.68. The lowest BCUT2D eigenvalue weighted by atomic mass is 10.2. The third-order valence-electron chi connectivity index (χ3n) is 5.86. The van der Waals surface area contributed by atoms with Crippen molar-refractivity contribution in [2.75, 3.05) is 49.3 Å². The van der Waals surface area contributed by atoms with Crippen molar-refractivity contribution in [1.29, 1.82) is 0 Å². The van der Waals surface area contributed by atoms with E-state index in [1.807, 2.05) is 0 Å². The average molecular weight is 506 g/mol. The van der Waals surface area contributed by atoms with E-state index < -0.39 is 12.2 Å². The Balaban J connectivity index is 1.29. The van der Waals surface area contributed by atoms with Gasteiger partial charge in [0.15, 0.2) is 0 Å². The smallest absolute Gasteiger partial charge is 0.414 e. The number of benzene rings is 1. The van der Waals surface area contributed by atoms with Gasteiger partial charge in [-0.3, -0.25) is 14.5 Å². The monoisotopic (exact) mass is 505 g/mol. The van der Waals surface area contributed by atoms with E-state index in [9.17, 15) is 14.4 Å². The largest absolute Gasteiger partial charge is 0.491 e. The van der Waals surface area contributed by atoms with E-state index in [4.69, 9.17) is 25.8 Å². The number of halogens is 1. The van der Waals surface area contributed by atoms with Crippen LogP contribution in [0.1, 0.15) is 22.5 Å². The second kappa shape index (κ2) is 9.81. The third-order valence-corrected chi connectivity index (χ3v) is 7.09. The van der Waals surface area contributed by atoms with Gasteiger partial charge in [-0.05, 0) is 43.0 Å². The van der Waals surface area contributed by atoms with E-state index >= 15 is 0 Å². The van der Waals surface area contributed by atoms with Crippen molar-refractivity contribution in [2.24, 2.45) is 5.92 Å². The molecule has 2 aromatic rings. The molecule has 180 valence electrons. The fraction of sp³-hybridized carbons (Fsp3) is 0.435. The van der Waals surface area contributed by atoms with Gasteiger partial charge in [0.1, 0.15) is 18.5 Å². The summed E-state index contributed by atoms with van der Waals surface area (Å²) in [6.45, 7) is 1.97. The number of rotatable bonds is 8. The molecule has 1 atom stereocenters. The molecular formula is C23H24ClN3O6S. The molecule has 2 aliphatic heterocycles. The van der Waals surface area contributed by atoms with Gasteiger partial charge in [0, 0.05) is 18.3 Å². The first-order chi connectivity index (χ1) is 16.5. The van der Waals surface area contributed by atoms with Gasteiger partial charge in [0.05, 0.1) is 41.2 Å². The minimum Gasteiger partial charge on any atom is -0.491 e. The summed E-state index contributed by atoms with van der Waals surface area (Å²) in [4.78, 5) is 40.9. The molecule has 1 saturated carbocycles. The van der Waals surface area contributed by atoms with Crippen LogP contribution in [0.4, 0.5) is 16.2 Å². The molecule has 5 rings (SSSR count). The second-order valence-corrected chi connectivity index (χ2v) is 10.1. The zero-order valence-electron chi connectivity index (χ0n) is 18.3. The molecule has 9 nitrogen and oxygen atoms in total. The predicted molar refractivity (Wildman–Crippen MR) is 127 cm³/mol. The summed E-state index contributed by atoms with van der Waals surface area (Å²) in [7, 11) is 0. The molecule has 34 heavy (non-hydrogen) atoms. The maximum atomic E-state index is 12.7. The summed E-state index contributed by atoms with van der Waals surface area (Å²) in [5.41, 5.74) is 1.28. The van der Waals surface area contributed by atoms with Crippen LogP contribution in [0.5, 0.6) is 5.75 Å². The maximum absolute atomic E-state index is 12.7. The highest BCUT2D eigenvalue weighted by atomic mass is 35.5. The highest BCUT2D eigenvalue weighted by Crippen LogP contribution is 2.37. The number of cyclic esters (lactones) is 1. The number of ether oxygens (including phenoxy) is 3. The van der Waals surface area contributed by atoms with Crippen LogP contribution in [-0.2, 0) is 14.3 Å². The van der Waals surface area contributed by atoms with Gasteiger partial charge in [-0.2, -0.15) is 0 Å². The summed E-state index contributed by atoms with van der Waals surface area (Å²) in [6.07, 6.45) is 1.23. The Hall–Kier alpha value is -2.82. The van der Waals surface area contributed by atoms with Gasteiger partial charge in [-0.25, -0.2) is 4.79 Å². The number of hydrogen-bond donors (Lipinski definition) is 1. The second-order valence-electron chi connectivity index (χ2n) is 8.43. The first-order valence-corrected chi connectivity index (χ1v) is 12.3. The van der Waals surface area contributed by atoms with Crippen molar-refractivity contribution in [2.45, 2.75) is 18.9 Å². The molecule has 0 bridgehead atoms. The van der Waals surface area contributed by atoms with E-state index in [2.05, 4.69) is 5.32 Å². The number of nitrogens with zero attached hydrogens (tertiary/aromatic N) is 2. The SMILES string of the molecule is O=C(NC[C@H]1CN(c2ccc(N3CCOCC3=O)cc2OCC2CC2)C(=O)O1)c1ccc(Cl)s1.